The van der Waals surface area contributed by atoms with Gasteiger partial charge in [-0.15, -0.1) is 0 Å². The zero-order chi connectivity index (χ0) is 21.5. The molecular formula is C21H25FN4O3S. The number of halogens is 1. The van der Waals surface area contributed by atoms with Gasteiger partial charge < -0.3 is 15.1 Å². The molecule has 0 aliphatic carbocycles. The van der Waals surface area contributed by atoms with Crippen LogP contribution >= 0.6 is 11.8 Å². The smallest absolute Gasteiger partial charge is 0.270 e. The van der Waals surface area contributed by atoms with Gasteiger partial charge in [0.15, 0.2) is 0 Å². The Morgan fingerprint density at radius 1 is 1.17 bits per heavy atom. The Hall–Kier alpha value is -2.49. The predicted octanol–water partition coefficient (Wildman–Crippen LogP) is 3.25. The summed E-state index contributed by atoms with van der Waals surface area (Å²) in [4.78, 5) is 28.8. The highest BCUT2D eigenvalue weighted by molar-refractivity contribution is 7.99. The molecule has 0 spiro atoms. The van der Waals surface area contributed by atoms with Gasteiger partial charge >= 0.3 is 0 Å². The number of rotatable bonds is 8. The Labute approximate surface area is 179 Å². The lowest BCUT2D eigenvalue weighted by atomic mass is 10.2. The van der Waals surface area contributed by atoms with E-state index in [1.165, 1.54) is 24.3 Å². The first-order valence-electron chi connectivity index (χ1n) is 9.84. The van der Waals surface area contributed by atoms with Crippen LogP contribution in [0.25, 0.3) is 0 Å². The number of likely N-dealkylation sites (N-methyl/N-ethyl adjacent to an activating group) is 1. The highest BCUT2D eigenvalue weighted by Crippen LogP contribution is 2.34. The molecule has 1 aliphatic heterocycles. The number of hydrogen-bond acceptors (Lipinski definition) is 6. The molecule has 2 aromatic rings. The topological polar surface area (TPSA) is 78.7 Å². The van der Waals surface area contributed by atoms with Gasteiger partial charge in [0.2, 0.25) is 0 Å². The molecule has 0 saturated carbocycles. The Bertz CT molecular complexity index is 904. The van der Waals surface area contributed by atoms with Gasteiger partial charge in [-0.1, -0.05) is 23.9 Å². The third-order valence-electron chi connectivity index (χ3n) is 5.01. The number of non-ortho nitro benzene ring substituents is 1. The molecular weight excluding hydrogens is 407 g/mol. The highest BCUT2D eigenvalue weighted by Gasteiger charge is 2.19. The number of benzene rings is 2. The lowest BCUT2D eigenvalue weighted by molar-refractivity contribution is -0.384. The van der Waals surface area contributed by atoms with Gasteiger partial charge in [0.1, 0.15) is 5.82 Å². The molecule has 30 heavy (non-hydrogen) atoms. The summed E-state index contributed by atoms with van der Waals surface area (Å²) in [6.07, 6.45) is 0.792. The van der Waals surface area contributed by atoms with Crippen LogP contribution in [-0.4, -0.2) is 66.9 Å². The fourth-order valence-corrected chi connectivity index (χ4v) is 4.16. The SMILES string of the molecule is CN1CCN(CCCNC(=O)c2cc([N+](=O)[O-])ccc2Sc2ccccc2F)CC1. The van der Waals surface area contributed by atoms with Crippen LogP contribution in [0, 0.1) is 15.9 Å². The van der Waals surface area contributed by atoms with Crippen molar-refractivity contribution in [3.63, 3.8) is 0 Å². The first-order chi connectivity index (χ1) is 14.4. The first-order valence-corrected chi connectivity index (χ1v) is 10.7. The Morgan fingerprint density at radius 3 is 2.60 bits per heavy atom. The fraction of sp³-hybridized carbons (Fsp3) is 0.381. The summed E-state index contributed by atoms with van der Waals surface area (Å²) >= 11 is 1.08. The summed E-state index contributed by atoms with van der Waals surface area (Å²) in [5.41, 5.74) is 0.00696. The number of nitrogens with one attached hydrogen (secondary N) is 1. The van der Waals surface area contributed by atoms with E-state index in [4.69, 9.17) is 0 Å². The highest BCUT2D eigenvalue weighted by atomic mass is 32.2. The molecule has 1 heterocycles. The number of piperazine rings is 1. The third kappa shape index (κ3) is 6.01. The molecule has 0 unspecified atom stereocenters. The molecule has 0 atom stereocenters. The van der Waals surface area contributed by atoms with Crippen LogP contribution in [-0.2, 0) is 0 Å². The monoisotopic (exact) mass is 432 g/mol. The summed E-state index contributed by atoms with van der Waals surface area (Å²) in [6, 6.07) is 10.3. The average Bonchev–Trinajstić information content (AvgIpc) is 2.74. The van der Waals surface area contributed by atoms with Crippen LogP contribution in [0.3, 0.4) is 0 Å². The molecule has 2 aromatic carbocycles. The van der Waals surface area contributed by atoms with Crippen molar-refractivity contribution in [2.45, 2.75) is 16.2 Å². The van der Waals surface area contributed by atoms with E-state index in [-0.39, 0.29) is 11.3 Å². The minimum atomic E-state index is -0.540. The van der Waals surface area contributed by atoms with Gasteiger partial charge in [-0.2, -0.15) is 0 Å². The number of hydrogen-bond donors (Lipinski definition) is 1. The number of nitro benzene ring substituents is 1. The maximum atomic E-state index is 14.0. The van der Waals surface area contributed by atoms with Crippen molar-refractivity contribution in [3.8, 4) is 0 Å². The fourth-order valence-electron chi connectivity index (χ4n) is 3.22. The van der Waals surface area contributed by atoms with Crippen LogP contribution in [0.15, 0.2) is 52.3 Å². The molecule has 0 radical (unpaired) electrons. The van der Waals surface area contributed by atoms with E-state index in [9.17, 15) is 19.3 Å². The zero-order valence-corrected chi connectivity index (χ0v) is 17.7. The molecule has 1 saturated heterocycles. The van der Waals surface area contributed by atoms with Crippen LogP contribution in [0.4, 0.5) is 10.1 Å². The van der Waals surface area contributed by atoms with Gasteiger partial charge in [0.25, 0.3) is 11.6 Å². The molecule has 0 bridgehead atoms. The van der Waals surface area contributed by atoms with E-state index >= 15 is 0 Å². The van der Waals surface area contributed by atoms with Gasteiger partial charge in [0, 0.05) is 54.6 Å². The summed E-state index contributed by atoms with van der Waals surface area (Å²) in [7, 11) is 2.10. The van der Waals surface area contributed by atoms with E-state index in [0.29, 0.717) is 16.3 Å². The lowest BCUT2D eigenvalue weighted by Crippen LogP contribution is -2.45. The van der Waals surface area contributed by atoms with Gasteiger partial charge in [-0.05, 0) is 38.2 Å². The summed E-state index contributed by atoms with van der Waals surface area (Å²) < 4.78 is 14.0. The lowest BCUT2D eigenvalue weighted by Gasteiger charge is -2.32. The van der Waals surface area contributed by atoms with E-state index in [2.05, 4.69) is 22.2 Å². The van der Waals surface area contributed by atoms with Crippen molar-refractivity contribution < 1.29 is 14.1 Å². The molecule has 3 rings (SSSR count). The van der Waals surface area contributed by atoms with E-state index in [1.807, 2.05) is 0 Å². The number of nitro groups is 1. The van der Waals surface area contributed by atoms with E-state index in [1.54, 1.807) is 18.2 Å². The molecule has 7 nitrogen and oxygen atoms in total. The Kier molecular flexibility index (Phi) is 7.78. The van der Waals surface area contributed by atoms with Crippen LogP contribution in [0.2, 0.25) is 0 Å². The van der Waals surface area contributed by atoms with Crippen LogP contribution in [0.5, 0.6) is 0 Å². The van der Waals surface area contributed by atoms with Crippen molar-refractivity contribution in [1.29, 1.82) is 0 Å². The summed E-state index contributed by atoms with van der Waals surface area (Å²) in [5, 5.41) is 14.0. The number of amides is 1. The normalized spacial score (nSPS) is 15.1. The molecule has 1 N–H and O–H groups in total. The average molecular weight is 433 g/mol. The van der Waals surface area contributed by atoms with Crippen molar-refractivity contribution in [3.05, 3.63) is 64.0 Å². The number of carbonyl (C=O) groups excluding carboxylic acids is 1. The molecule has 0 aromatic heterocycles. The van der Waals surface area contributed by atoms with E-state index in [0.717, 1.165) is 50.9 Å². The maximum Gasteiger partial charge on any atom is 0.270 e. The van der Waals surface area contributed by atoms with Crippen LogP contribution in [0.1, 0.15) is 16.8 Å². The molecule has 160 valence electrons. The zero-order valence-electron chi connectivity index (χ0n) is 16.8. The molecule has 1 aliphatic rings. The van der Waals surface area contributed by atoms with E-state index < -0.39 is 16.6 Å². The quantitative estimate of drug-likeness (QED) is 0.392. The standard InChI is InChI=1S/C21H25FN4O3S/c1-24-11-13-25(14-12-24)10-4-9-23-21(27)17-15-16(26(28)29)7-8-19(17)30-20-6-3-2-5-18(20)22/h2-3,5-8,15H,4,9-14H2,1H3,(H,23,27). The molecule has 9 heteroatoms. The van der Waals surface area contributed by atoms with Gasteiger partial charge in [-0.25, -0.2) is 4.39 Å². The van der Waals surface area contributed by atoms with Crippen molar-refractivity contribution >= 4 is 23.4 Å². The van der Waals surface area contributed by atoms with Gasteiger partial charge in [-0.3, -0.25) is 14.9 Å². The second-order valence-electron chi connectivity index (χ2n) is 7.22. The second-order valence-corrected chi connectivity index (χ2v) is 8.31. The van der Waals surface area contributed by atoms with Crippen molar-refractivity contribution in [2.75, 3.05) is 46.3 Å². The van der Waals surface area contributed by atoms with Gasteiger partial charge in [0.05, 0.1) is 10.5 Å². The summed E-state index contributed by atoms with van der Waals surface area (Å²) in [6.45, 7) is 5.46. The van der Waals surface area contributed by atoms with Crippen molar-refractivity contribution in [1.82, 2.24) is 15.1 Å². The first kappa shape index (κ1) is 22.2. The minimum Gasteiger partial charge on any atom is -0.352 e. The summed E-state index contributed by atoms with van der Waals surface area (Å²) in [5.74, 6) is -0.796. The van der Waals surface area contributed by atoms with Crippen molar-refractivity contribution in [2.24, 2.45) is 0 Å². The second kappa shape index (κ2) is 10.5. The Morgan fingerprint density at radius 2 is 1.90 bits per heavy atom. The predicted molar refractivity (Wildman–Crippen MR) is 115 cm³/mol. The minimum absolute atomic E-state index is 0.171. The number of nitrogens with zero attached hydrogens (tertiary/aromatic N) is 3. The number of carbonyl (C=O) groups is 1. The maximum absolute atomic E-state index is 14.0. The molecule has 1 amide bonds. The Balaban J connectivity index is 1.64. The third-order valence-corrected chi connectivity index (χ3v) is 6.13. The van der Waals surface area contributed by atoms with Crippen LogP contribution < -0.4 is 5.32 Å². The molecule has 1 fully saturated rings. The largest absolute Gasteiger partial charge is 0.352 e.